The minimum atomic E-state index is -0.776. The lowest BCUT2D eigenvalue weighted by Crippen LogP contribution is -1.91. The van der Waals surface area contributed by atoms with E-state index in [-0.39, 0.29) is 11.6 Å². The number of benzene rings is 1. The van der Waals surface area contributed by atoms with Gasteiger partial charge in [0.2, 0.25) is 5.88 Å². The van der Waals surface area contributed by atoms with Gasteiger partial charge >= 0.3 is 0 Å². The Morgan fingerprint density at radius 2 is 1.90 bits per heavy atom. The average molecular weight is 277 g/mol. The summed E-state index contributed by atoms with van der Waals surface area (Å²) in [6.45, 7) is 4.00. The monoisotopic (exact) mass is 277 g/mol. The van der Waals surface area contributed by atoms with Crippen molar-refractivity contribution in [3.8, 4) is 11.6 Å². The van der Waals surface area contributed by atoms with Gasteiger partial charge in [0.05, 0.1) is 11.7 Å². The summed E-state index contributed by atoms with van der Waals surface area (Å²) in [5, 5.41) is 7.40. The lowest BCUT2D eigenvalue weighted by Gasteiger charge is -2.05. The maximum absolute atomic E-state index is 13.4. The van der Waals surface area contributed by atoms with Crippen molar-refractivity contribution in [1.29, 1.82) is 0 Å². The second-order valence-corrected chi connectivity index (χ2v) is 3.66. The predicted octanol–water partition coefficient (Wildman–Crippen LogP) is 4.05. The number of hydrogen-bond acceptors (Lipinski definition) is 3. The van der Waals surface area contributed by atoms with Crippen LogP contribution in [0, 0.1) is 11.6 Å². The number of ether oxygens (including phenoxy) is 1. The summed E-state index contributed by atoms with van der Waals surface area (Å²) in [5.41, 5.74) is 0.725. The van der Waals surface area contributed by atoms with Gasteiger partial charge in [-0.2, -0.15) is 5.10 Å². The molecule has 0 unspecified atom stereocenters. The number of rotatable bonds is 2. The summed E-state index contributed by atoms with van der Waals surface area (Å²) < 4.78 is 31.3. The van der Waals surface area contributed by atoms with Gasteiger partial charge in [0.1, 0.15) is 5.82 Å². The molecule has 0 radical (unpaired) electrons. The van der Waals surface area contributed by atoms with Crippen molar-refractivity contribution >= 4 is 10.9 Å². The van der Waals surface area contributed by atoms with Gasteiger partial charge in [-0.25, -0.2) is 13.8 Å². The van der Waals surface area contributed by atoms with E-state index in [1.807, 2.05) is 13.8 Å². The molecule has 0 atom stereocenters. The maximum Gasteiger partial charge on any atom is 0.221 e. The zero-order valence-corrected chi connectivity index (χ0v) is 11.0. The second kappa shape index (κ2) is 6.10. The molecule has 3 rings (SSSR count). The van der Waals surface area contributed by atoms with Gasteiger partial charge in [-0.05, 0) is 12.1 Å². The first-order valence-corrected chi connectivity index (χ1v) is 6.14. The molecule has 6 heteroatoms. The number of fused-ring (bicyclic) bond motifs is 1. The molecule has 0 fully saturated rings. The number of aromatic amines is 1. The van der Waals surface area contributed by atoms with E-state index < -0.39 is 11.6 Å². The van der Waals surface area contributed by atoms with E-state index in [9.17, 15) is 8.78 Å². The highest BCUT2D eigenvalue weighted by atomic mass is 19.1. The average Bonchev–Trinajstić information content (AvgIpc) is 2.92. The lowest BCUT2D eigenvalue weighted by molar-refractivity contribution is 0.424. The molecule has 0 spiro atoms. The Morgan fingerprint density at radius 1 is 1.10 bits per heavy atom. The van der Waals surface area contributed by atoms with Crippen molar-refractivity contribution in [1.82, 2.24) is 15.2 Å². The van der Waals surface area contributed by atoms with Gasteiger partial charge < -0.3 is 4.74 Å². The van der Waals surface area contributed by atoms with Crippen LogP contribution < -0.4 is 4.74 Å². The SMILES string of the molecule is CC.Fc1ccc(Oc2cc3[nH]ncc3cn2)c(F)c1. The van der Waals surface area contributed by atoms with Crippen LogP contribution in [-0.4, -0.2) is 15.2 Å². The van der Waals surface area contributed by atoms with Crippen molar-refractivity contribution < 1.29 is 13.5 Å². The molecule has 1 aromatic carbocycles. The summed E-state index contributed by atoms with van der Waals surface area (Å²) in [4.78, 5) is 4.00. The number of nitrogens with zero attached hydrogens (tertiary/aromatic N) is 2. The molecule has 0 saturated carbocycles. The van der Waals surface area contributed by atoms with Gasteiger partial charge in [0, 0.05) is 23.7 Å². The lowest BCUT2D eigenvalue weighted by atomic mass is 10.3. The zero-order chi connectivity index (χ0) is 14.5. The smallest absolute Gasteiger partial charge is 0.221 e. The van der Waals surface area contributed by atoms with Crippen molar-refractivity contribution in [3.63, 3.8) is 0 Å². The molecule has 2 heterocycles. The first-order valence-electron chi connectivity index (χ1n) is 6.14. The number of halogens is 2. The first kappa shape index (κ1) is 13.9. The molecular formula is C14H13F2N3O. The van der Waals surface area contributed by atoms with Crippen molar-refractivity contribution in [3.05, 3.63) is 48.3 Å². The van der Waals surface area contributed by atoms with E-state index in [1.165, 1.54) is 6.07 Å². The van der Waals surface area contributed by atoms with Crippen molar-refractivity contribution in [2.75, 3.05) is 0 Å². The van der Waals surface area contributed by atoms with Crippen LogP contribution in [0.3, 0.4) is 0 Å². The quantitative estimate of drug-likeness (QED) is 0.768. The first-order chi connectivity index (χ1) is 9.72. The molecular weight excluding hydrogens is 264 g/mol. The molecule has 0 aliphatic heterocycles. The van der Waals surface area contributed by atoms with Gasteiger partial charge in [0.25, 0.3) is 0 Å². The fourth-order valence-electron chi connectivity index (χ4n) is 1.54. The Kier molecular flexibility index (Phi) is 4.24. The highest BCUT2D eigenvalue weighted by Crippen LogP contribution is 2.25. The Labute approximate surface area is 114 Å². The fraction of sp³-hybridized carbons (Fsp3) is 0.143. The zero-order valence-electron chi connectivity index (χ0n) is 11.0. The Morgan fingerprint density at radius 3 is 2.65 bits per heavy atom. The number of hydrogen-bond donors (Lipinski definition) is 1. The van der Waals surface area contributed by atoms with E-state index in [0.717, 1.165) is 23.0 Å². The third kappa shape index (κ3) is 2.90. The molecule has 3 aromatic rings. The standard InChI is InChI=1S/C12H7F2N3O.C2H6/c13-8-1-2-11(9(14)3-8)18-12-4-10-7(5-15-12)6-16-17-10;1-2/h1-6H,(H,16,17);1-2H3. The Bertz CT molecular complexity index is 712. The van der Waals surface area contributed by atoms with Gasteiger partial charge in [-0.15, -0.1) is 0 Å². The summed E-state index contributed by atoms with van der Waals surface area (Å²) >= 11 is 0. The molecule has 1 N–H and O–H groups in total. The van der Waals surface area contributed by atoms with E-state index in [4.69, 9.17) is 4.74 Å². The molecule has 4 nitrogen and oxygen atoms in total. The highest BCUT2D eigenvalue weighted by Gasteiger charge is 2.07. The molecule has 0 amide bonds. The molecule has 20 heavy (non-hydrogen) atoms. The third-order valence-electron chi connectivity index (χ3n) is 2.41. The molecule has 104 valence electrons. The van der Waals surface area contributed by atoms with E-state index in [2.05, 4.69) is 15.2 Å². The van der Waals surface area contributed by atoms with Crippen molar-refractivity contribution in [2.45, 2.75) is 13.8 Å². The van der Waals surface area contributed by atoms with Crippen molar-refractivity contribution in [2.24, 2.45) is 0 Å². The van der Waals surface area contributed by atoms with Crippen LogP contribution in [0.2, 0.25) is 0 Å². The summed E-state index contributed by atoms with van der Waals surface area (Å²) in [6, 6.07) is 4.67. The molecule has 2 aromatic heterocycles. The van der Waals surface area contributed by atoms with Crippen LogP contribution in [0.1, 0.15) is 13.8 Å². The number of pyridine rings is 1. The maximum atomic E-state index is 13.4. The molecule has 0 bridgehead atoms. The van der Waals surface area contributed by atoms with Gasteiger partial charge in [-0.3, -0.25) is 5.10 Å². The van der Waals surface area contributed by atoms with E-state index in [1.54, 1.807) is 18.5 Å². The largest absolute Gasteiger partial charge is 0.436 e. The van der Waals surface area contributed by atoms with Crippen LogP contribution in [-0.2, 0) is 0 Å². The fourth-order valence-corrected chi connectivity index (χ4v) is 1.54. The Balaban J connectivity index is 0.000000704. The summed E-state index contributed by atoms with van der Waals surface area (Å²) in [5.74, 6) is -1.31. The van der Waals surface area contributed by atoms with Gasteiger partial charge in [-0.1, -0.05) is 13.8 Å². The van der Waals surface area contributed by atoms with E-state index in [0.29, 0.717) is 0 Å². The predicted molar refractivity (Wildman–Crippen MR) is 71.7 cm³/mol. The summed E-state index contributed by atoms with van der Waals surface area (Å²) in [7, 11) is 0. The normalized spacial score (nSPS) is 10.0. The number of nitrogens with one attached hydrogen (secondary N) is 1. The third-order valence-corrected chi connectivity index (χ3v) is 2.41. The number of H-pyrrole nitrogens is 1. The minimum absolute atomic E-state index is 0.0808. The Hall–Kier alpha value is -2.50. The second-order valence-electron chi connectivity index (χ2n) is 3.66. The molecule has 0 saturated heterocycles. The van der Waals surface area contributed by atoms with Crippen LogP contribution in [0.25, 0.3) is 10.9 Å². The number of aromatic nitrogens is 3. The van der Waals surface area contributed by atoms with E-state index >= 15 is 0 Å². The van der Waals surface area contributed by atoms with Gasteiger partial charge in [0.15, 0.2) is 11.6 Å². The molecule has 0 aliphatic rings. The van der Waals surface area contributed by atoms with Crippen LogP contribution in [0.5, 0.6) is 11.6 Å². The minimum Gasteiger partial charge on any atom is -0.436 e. The summed E-state index contributed by atoms with van der Waals surface area (Å²) in [6.07, 6.45) is 3.17. The topological polar surface area (TPSA) is 50.8 Å². The highest BCUT2D eigenvalue weighted by molar-refractivity contribution is 5.77. The van der Waals surface area contributed by atoms with Crippen LogP contribution in [0.15, 0.2) is 36.7 Å². The van der Waals surface area contributed by atoms with Crippen LogP contribution >= 0.6 is 0 Å². The van der Waals surface area contributed by atoms with Crippen LogP contribution in [0.4, 0.5) is 8.78 Å². The molecule has 0 aliphatic carbocycles.